The standard InChI is InChI=1S/C10H8FNO/c11-9-3-1-2-7-4-5-8(6-13)12-10(7)9/h1-5,13H,6H2. The zero-order chi connectivity index (χ0) is 9.26. The summed E-state index contributed by atoms with van der Waals surface area (Å²) in [5.74, 6) is -0.354. The third kappa shape index (κ3) is 1.38. The lowest BCUT2D eigenvalue weighted by atomic mass is 10.2. The number of rotatable bonds is 1. The Morgan fingerprint density at radius 3 is 2.85 bits per heavy atom. The first-order chi connectivity index (χ1) is 6.31. The van der Waals surface area contributed by atoms with Crippen molar-refractivity contribution >= 4 is 10.9 Å². The summed E-state index contributed by atoms with van der Waals surface area (Å²) in [5, 5.41) is 9.55. The largest absolute Gasteiger partial charge is 0.390 e. The molecule has 0 saturated heterocycles. The van der Waals surface area contributed by atoms with Crippen molar-refractivity contribution in [1.29, 1.82) is 0 Å². The zero-order valence-electron chi connectivity index (χ0n) is 6.87. The van der Waals surface area contributed by atoms with Crippen molar-refractivity contribution in [2.24, 2.45) is 0 Å². The molecule has 1 aromatic heterocycles. The maximum Gasteiger partial charge on any atom is 0.149 e. The first-order valence-electron chi connectivity index (χ1n) is 3.96. The Morgan fingerprint density at radius 1 is 1.23 bits per heavy atom. The van der Waals surface area contributed by atoms with Crippen LogP contribution in [0.3, 0.4) is 0 Å². The molecule has 0 atom stereocenters. The number of halogens is 1. The minimum atomic E-state index is -0.354. The van der Waals surface area contributed by atoms with Gasteiger partial charge in [-0.3, -0.25) is 0 Å². The third-order valence-electron chi connectivity index (χ3n) is 1.89. The fraction of sp³-hybridized carbons (Fsp3) is 0.100. The topological polar surface area (TPSA) is 33.1 Å². The number of benzene rings is 1. The Labute approximate surface area is 74.7 Å². The van der Waals surface area contributed by atoms with Crippen LogP contribution in [0, 0.1) is 5.82 Å². The maximum absolute atomic E-state index is 13.2. The van der Waals surface area contributed by atoms with Crippen LogP contribution in [0.2, 0.25) is 0 Å². The number of aliphatic hydroxyl groups is 1. The third-order valence-corrected chi connectivity index (χ3v) is 1.89. The van der Waals surface area contributed by atoms with Crippen LogP contribution in [0.1, 0.15) is 5.69 Å². The molecule has 0 bridgehead atoms. The van der Waals surface area contributed by atoms with Gasteiger partial charge in [0.1, 0.15) is 11.3 Å². The van der Waals surface area contributed by atoms with E-state index in [2.05, 4.69) is 4.98 Å². The Kier molecular flexibility index (Phi) is 1.94. The molecular weight excluding hydrogens is 169 g/mol. The van der Waals surface area contributed by atoms with E-state index in [9.17, 15) is 4.39 Å². The zero-order valence-corrected chi connectivity index (χ0v) is 6.87. The van der Waals surface area contributed by atoms with Crippen molar-refractivity contribution in [2.45, 2.75) is 6.61 Å². The molecule has 0 aliphatic heterocycles. The predicted molar refractivity (Wildman–Crippen MR) is 47.6 cm³/mol. The van der Waals surface area contributed by atoms with E-state index in [1.807, 2.05) is 0 Å². The molecule has 66 valence electrons. The highest BCUT2D eigenvalue weighted by molar-refractivity contribution is 5.79. The second-order valence-electron chi connectivity index (χ2n) is 2.77. The Morgan fingerprint density at radius 2 is 2.08 bits per heavy atom. The van der Waals surface area contributed by atoms with Crippen molar-refractivity contribution < 1.29 is 9.50 Å². The van der Waals surface area contributed by atoms with E-state index in [0.29, 0.717) is 11.2 Å². The van der Waals surface area contributed by atoms with E-state index in [-0.39, 0.29) is 12.4 Å². The average molecular weight is 177 g/mol. The predicted octanol–water partition coefficient (Wildman–Crippen LogP) is 1.87. The number of hydrogen-bond donors (Lipinski definition) is 1. The summed E-state index contributed by atoms with van der Waals surface area (Å²) in [6.07, 6.45) is 0. The lowest BCUT2D eigenvalue weighted by molar-refractivity contribution is 0.277. The smallest absolute Gasteiger partial charge is 0.149 e. The van der Waals surface area contributed by atoms with E-state index in [4.69, 9.17) is 5.11 Å². The second-order valence-corrected chi connectivity index (χ2v) is 2.77. The summed E-state index contributed by atoms with van der Waals surface area (Å²) in [7, 11) is 0. The van der Waals surface area contributed by atoms with Gasteiger partial charge in [-0.1, -0.05) is 18.2 Å². The van der Waals surface area contributed by atoms with Gasteiger partial charge in [0, 0.05) is 5.39 Å². The summed E-state index contributed by atoms with van der Waals surface area (Å²) in [4.78, 5) is 3.97. The van der Waals surface area contributed by atoms with Crippen LogP contribution in [-0.2, 0) is 6.61 Å². The molecule has 0 fully saturated rings. The van der Waals surface area contributed by atoms with Gasteiger partial charge in [-0.25, -0.2) is 9.37 Å². The summed E-state index contributed by atoms with van der Waals surface area (Å²) < 4.78 is 13.2. The molecule has 13 heavy (non-hydrogen) atoms. The highest BCUT2D eigenvalue weighted by Gasteiger charge is 2.01. The van der Waals surface area contributed by atoms with Crippen LogP contribution in [-0.4, -0.2) is 10.1 Å². The first kappa shape index (κ1) is 8.13. The van der Waals surface area contributed by atoms with Crippen molar-refractivity contribution in [1.82, 2.24) is 4.98 Å². The molecule has 2 rings (SSSR count). The first-order valence-corrected chi connectivity index (χ1v) is 3.96. The van der Waals surface area contributed by atoms with E-state index in [1.165, 1.54) is 6.07 Å². The molecule has 0 spiro atoms. The van der Waals surface area contributed by atoms with Crippen LogP contribution >= 0.6 is 0 Å². The van der Waals surface area contributed by atoms with Crippen LogP contribution in [0.15, 0.2) is 30.3 Å². The Hall–Kier alpha value is -1.48. The number of pyridine rings is 1. The molecule has 0 amide bonds. The molecule has 0 aliphatic rings. The average Bonchev–Trinajstić information content (AvgIpc) is 2.18. The molecular formula is C10H8FNO. The van der Waals surface area contributed by atoms with Crippen LogP contribution in [0.4, 0.5) is 4.39 Å². The highest BCUT2D eigenvalue weighted by atomic mass is 19.1. The number of aromatic nitrogens is 1. The molecule has 2 aromatic rings. The molecule has 0 radical (unpaired) electrons. The van der Waals surface area contributed by atoms with Crippen LogP contribution in [0.5, 0.6) is 0 Å². The molecule has 0 unspecified atom stereocenters. The van der Waals surface area contributed by atoms with Gasteiger partial charge in [0.25, 0.3) is 0 Å². The Bertz CT molecular complexity index is 442. The van der Waals surface area contributed by atoms with E-state index in [0.717, 1.165) is 5.39 Å². The van der Waals surface area contributed by atoms with Gasteiger partial charge in [-0.2, -0.15) is 0 Å². The maximum atomic E-state index is 13.2. The molecule has 2 nitrogen and oxygen atoms in total. The van der Waals surface area contributed by atoms with Crippen LogP contribution in [0.25, 0.3) is 10.9 Å². The lowest BCUT2D eigenvalue weighted by Gasteiger charge is -2.00. The molecule has 0 aliphatic carbocycles. The van der Waals surface area contributed by atoms with Crippen molar-refractivity contribution in [2.75, 3.05) is 0 Å². The van der Waals surface area contributed by atoms with Crippen LogP contribution < -0.4 is 0 Å². The molecule has 1 heterocycles. The van der Waals surface area contributed by atoms with Crippen molar-refractivity contribution in [3.8, 4) is 0 Å². The molecule has 3 heteroatoms. The van der Waals surface area contributed by atoms with E-state index < -0.39 is 0 Å². The Balaban J connectivity index is 2.74. The SMILES string of the molecule is OCc1ccc2cccc(F)c2n1. The van der Waals surface area contributed by atoms with Crippen molar-refractivity contribution in [3.05, 3.63) is 41.8 Å². The summed E-state index contributed by atoms with van der Waals surface area (Å²) in [5.41, 5.74) is 0.798. The van der Waals surface area contributed by atoms with Gasteiger partial charge in [0.2, 0.25) is 0 Å². The van der Waals surface area contributed by atoms with Gasteiger partial charge in [0.15, 0.2) is 0 Å². The quantitative estimate of drug-likeness (QED) is 0.721. The number of hydrogen-bond acceptors (Lipinski definition) is 2. The lowest BCUT2D eigenvalue weighted by Crippen LogP contribution is -1.91. The van der Waals surface area contributed by atoms with Gasteiger partial charge < -0.3 is 5.11 Å². The molecule has 1 N–H and O–H groups in total. The number of aliphatic hydroxyl groups excluding tert-OH is 1. The fourth-order valence-corrected chi connectivity index (χ4v) is 1.24. The van der Waals surface area contributed by atoms with E-state index >= 15 is 0 Å². The van der Waals surface area contributed by atoms with E-state index in [1.54, 1.807) is 24.3 Å². The normalized spacial score (nSPS) is 10.6. The number of para-hydroxylation sites is 1. The highest BCUT2D eigenvalue weighted by Crippen LogP contribution is 2.15. The van der Waals surface area contributed by atoms with Gasteiger partial charge in [0.05, 0.1) is 12.3 Å². The minimum Gasteiger partial charge on any atom is -0.390 e. The summed E-state index contributed by atoms with van der Waals surface area (Å²) in [6.45, 7) is -0.162. The van der Waals surface area contributed by atoms with Gasteiger partial charge in [-0.15, -0.1) is 0 Å². The van der Waals surface area contributed by atoms with Gasteiger partial charge >= 0.3 is 0 Å². The van der Waals surface area contributed by atoms with Crippen molar-refractivity contribution in [3.63, 3.8) is 0 Å². The summed E-state index contributed by atoms with van der Waals surface area (Å²) >= 11 is 0. The molecule has 0 saturated carbocycles. The number of nitrogens with zero attached hydrogens (tertiary/aromatic N) is 1. The fourth-order valence-electron chi connectivity index (χ4n) is 1.24. The minimum absolute atomic E-state index is 0.162. The summed E-state index contributed by atoms with van der Waals surface area (Å²) in [6, 6.07) is 8.21. The monoisotopic (exact) mass is 177 g/mol. The van der Waals surface area contributed by atoms with Gasteiger partial charge in [-0.05, 0) is 12.1 Å². The molecule has 1 aromatic carbocycles. The second kappa shape index (κ2) is 3.11. The number of fused-ring (bicyclic) bond motifs is 1.